The summed E-state index contributed by atoms with van der Waals surface area (Å²) in [5, 5.41) is 7.68. The lowest BCUT2D eigenvalue weighted by molar-refractivity contribution is -0.148. The van der Waals surface area contributed by atoms with Gasteiger partial charge in [0.15, 0.2) is 11.5 Å². The van der Waals surface area contributed by atoms with Gasteiger partial charge in [-0.2, -0.15) is 4.98 Å². The number of hydrogen-bond donors (Lipinski definition) is 4. The summed E-state index contributed by atoms with van der Waals surface area (Å²) in [7, 11) is 0. The Balaban J connectivity index is 1.27. The van der Waals surface area contributed by atoms with Crippen molar-refractivity contribution in [2.75, 3.05) is 36.7 Å². The summed E-state index contributed by atoms with van der Waals surface area (Å²) < 4.78 is 21.5. The van der Waals surface area contributed by atoms with E-state index in [1.807, 2.05) is 60.7 Å². The highest BCUT2D eigenvalue weighted by Crippen LogP contribution is 2.25. The molecular weight excluding hydrogens is 662 g/mol. The van der Waals surface area contributed by atoms with Gasteiger partial charge >= 0.3 is 18.2 Å². The largest absolute Gasteiger partial charge is 0.462 e. The number of carbonyl (C=O) groups is 4. The van der Waals surface area contributed by atoms with Crippen molar-refractivity contribution in [3.63, 3.8) is 0 Å². The molecule has 1 aliphatic rings. The fourth-order valence-electron chi connectivity index (χ4n) is 4.76. The summed E-state index contributed by atoms with van der Waals surface area (Å²) in [4.78, 5) is 76.2. The van der Waals surface area contributed by atoms with E-state index >= 15 is 0 Å². The molecule has 0 fully saturated rings. The molecule has 0 bridgehead atoms. The number of hydrogen-bond acceptors (Lipinski definition) is 12. The van der Waals surface area contributed by atoms with E-state index in [1.165, 1.54) is 6.21 Å². The van der Waals surface area contributed by atoms with Crippen LogP contribution in [0.1, 0.15) is 38.8 Å². The molecule has 0 spiro atoms. The van der Waals surface area contributed by atoms with Gasteiger partial charge in [0, 0.05) is 6.21 Å². The van der Waals surface area contributed by atoms with Gasteiger partial charge in [-0.05, 0) is 23.0 Å². The van der Waals surface area contributed by atoms with Crippen LogP contribution in [0, 0.1) is 11.8 Å². The SMILES string of the molecule is CC(C)[C@H](NC(=O)OCc1ccccc1)C(=O)Nc1nc2c(c(=O)[nH]1)N=CCN2COCCOC(=O)[C@@H](NC(=O)OCc1ccccc1)C(C)C. The lowest BCUT2D eigenvalue weighted by Gasteiger charge is -2.26. The molecule has 0 aliphatic carbocycles. The van der Waals surface area contributed by atoms with Gasteiger partial charge in [0.25, 0.3) is 5.56 Å². The van der Waals surface area contributed by atoms with E-state index in [0.717, 1.165) is 11.1 Å². The number of benzene rings is 2. The Morgan fingerprint density at radius 3 is 1.94 bits per heavy atom. The molecule has 272 valence electrons. The van der Waals surface area contributed by atoms with Crippen LogP contribution in [-0.4, -0.2) is 78.8 Å². The van der Waals surface area contributed by atoms with E-state index in [4.69, 9.17) is 18.9 Å². The first-order valence-corrected chi connectivity index (χ1v) is 16.4. The molecule has 16 nitrogen and oxygen atoms in total. The minimum atomic E-state index is -1.000. The van der Waals surface area contributed by atoms with E-state index in [0.29, 0.717) is 0 Å². The zero-order valence-electron chi connectivity index (χ0n) is 28.9. The molecular formula is C35H43N7O9. The summed E-state index contributed by atoms with van der Waals surface area (Å²) in [5.41, 5.74) is 1.01. The van der Waals surface area contributed by atoms with Gasteiger partial charge < -0.3 is 34.5 Å². The van der Waals surface area contributed by atoms with Crippen molar-refractivity contribution >= 4 is 47.7 Å². The molecule has 2 atom stereocenters. The van der Waals surface area contributed by atoms with Crippen LogP contribution < -0.4 is 26.4 Å². The van der Waals surface area contributed by atoms with Gasteiger partial charge in [0.2, 0.25) is 11.9 Å². The van der Waals surface area contributed by atoms with Crippen molar-refractivity contribution in [1.82, 2.24) is 20.6 Å². The van der Waals surface area contributed by atoms with Crippen LogP contribution in [-0.2, 0) is 41.8 Å². The maximum Gasteiger partial charge on any atom is 0.408 e. The van der Waals surface area contributed by atoms with Crippen molar-refractivity contribution in [3.8, 4) is 0 Å². The van der Waals surface area contributed by atoms with E-state index in [-0.39, 0.29) is 69.0 Å². The zero-order chi connectivity index (χ0) is 36.8. The smallest absolute Gasteiger partial charge is 0.408 e. The van der Waals surface area contributed by atoms with Gasteiger partial charge in [-0.3, -0.25) is 19.9 Å². The molecule has 4 N–H and O–H groups in total. The lowest BCUT2D eigenvalue weighted by atomic mass is 10.0. The number of ether oxygens (including phenoxy) is 4. The zero-order valence-corrected chi connectivity index (χ0v) is 28.9. The van der Waals surface area contributed by atoms with Gasteiger partial charge in [0.1, 0.15) is 38.6 Å². The Morgan fingerprint density at radius 1 is 0.804 bits per heavy atom. The highest BCUT2D eigenvalue weighted by molar-refractivity contribution is 5.96. The molecule has 51 heavy (non-hydrogen) atoms. The number of alkyl carbamates (subject to hydrolysis) is 2. The number of nitrogens with zero attached hydrogens (tertiary/aromatic N) is 3. The topological polar surface area (TPSA) is 203 Å². The minimum Gasteiger partial charge on any atom is -0.462 e. The fraction of sp³-hybridized carbons (Fsp3) is 0.400. The van der Waals surface area contributed by atoms with Crippen LogP contribution in [0.5, 0.6) is 0 Å². The standard InChI is InChI=1S/C35H43N7O9/c1-22(2)26(37-34(46)50-19-24-11-7-5-8-12-24)30(43)40-33-39-29-28(31(44)41-33)36-15-16-42(29)21-48-17-18-49-32(45)27(23(3)4)38-35(47)51-20-25-13-9-6-10-14-25/h5-15,22-23,26-27H,16-21H2,1-4H3,(H,37,46)(H,38,47)(H2,39,40,41,43,44)/t26-,27-/m0/s1. The summed E-state index contributed by atoms with van der Waals surface area (Å²) in [5.74, 6) is -1.87. The number of carbonyl (C=O) groups excluding carboxylic acids is 4. The summed E-state index contributed by atoms with van der Waals surface area (Å²) in [6, 6.07) is 16.3. The molecule has 2 aromatic carbocycles. The minimum absolute atomic E-state index is 0.00706. The number of aromatic nitrogens is 2. The lowest BCUT2D eigenvalue weighted by Crippen LogP contribution is -2.47. The Labute approximate surface area is 294 Å². The third-order valence-corrected chi connectivity index (χ3v) is 7.50. The Morgan fingerprint density at radius 2 is 1.37 bits per heavy atom. The fourth-order valence-corrected chi connectivity index (χ4v) is 4.76. The highest BCUT2D eigenvalue weighted by atomic mass is 16.6. The number of rotatable bonds is 16. The number of nitrogens with one attached hydrogen (secondary N) is 4. The average Bonchev–Trinajstić information content (AvgIpc) is 3.11. The first-order chi connectivity index (χ1) is 24.5. The number of fused-ring (bicyclic) bond motifs is 1. The molecule has 3 aromatic rings. The molecule has 1 aromatic heterocycles. The van der Waals surface area contributed by atoms with Gasteiger partial charge in [-0.1, -0.05) is 88.4 Å². The Kier molecular flexibility index (Phi) is 14.1. The van der Waals surface area contributed by atoms with Crippen molar-refractivity contribution in [2.45, 2.75) is 53.0 Å². The molecule has 1 aliphatic heterocycles. The van der Waals surface area contributed by atoms with Gasteiger partial charge in [-0.15, -0.1) is 0 Å². The quantitative estimate of drug-likeness (QED) is 0.0963. The summed E-state index contributed by atoms with van der Waals surface area (Å²) in [6.45, 7) is 7.18. The maximum absolute atomic E-state index is 13.2. The predicted octanol–water partition coefficient (Wildman–Crippen LogP) is 3.65. The molecule has 16 heteroatoms. The predicted molar refractivity (Wildman–Crippen MR) is 188 cm³/mol. The first-order valence-electron chi connectivity index (χ1n) is 16.4. The first kappa shape index (κ1) is 38.0. The summed E-state index contributed by atoms with van der Waals surface area (Å²) >= 11 is 0. The third-order valence-electron chi connectivity index (χ3n) is 7.50. The molecule has 0 radical (unpaired) electrons. The van der Waals surface area contributed by atoms with Crippen molar-refractivity contribution < 1.29 is 38.1 Å². The van der Waals surface area contributed by atoms with Crippen LogP contribution in [0.4, 0.5) is 27.0 Å². The van der Waals surface area contributed by atoms with Gasteiger partial charge in [-0.25, -0.2) is 19.4 Å². The van der Waals surface area contributed by atoms with E-state index in [1.54, 1.807) is 32.6 Å². The monoisotopic (exact) mass is 705 g/mol. The molecule has 2 heterocycles. The van der Waals surface area contributed by atoms with E-state index in [9.17, 15) is 24.0 Å². The van der Waals surface area contributed by atoms with Crippen LogP contribution in [0.25, 0.3) is 0 Å². The number of aliphatic imine (C=N–C) groups is 1. The Hall–Kier alpha value is -5.77. The second-order valence-corrected chi connectivity index (χ2v) is 12.2. The van der Waals surface area contributed by atoms with Crippen molar-refractivity contribution in [2.24, 2.45) is 16.8 Å². The Bertz CT molecular complexity index is 1720. The molecule has 0 unspecified atom stereocenters. The average molecular weight is 706 g/mol. The third kappa shape index (κ3) is 11.7. The van der Waals surface area contributed by atoms with E-state index in [2.05, 4.69) is 30.9 Å². The molecule has 4 rings (SSSR count). The van der Waals surface area contributed by atoms with Crippen molar-refractivity contribution in [1.29, 1.82) is 0 Å². The number of H-pyrrole nitrogens is 1. The molecule has 0 saturated heterocycles. The normalized spacial score (nSPS) is 13.2. The number of anilines is 2. The van der Waals surface area contributed by atoms with Crippen LogP contribution in [0.2, 0.25) is 0 Å². The molecule has 3 amide bonds. The maximum atomic E-state index is 13.2. The van der Waals surface area contributed by atoms with E-state index < -0.39 is 41.7 Å². The van der Waals surface area contributed by atoms with Crippen LogP contribution in [0.3, 0.4) is 0 Å². The number of amides is 3. The van der Waals surface area contributed by atoms with Gasteiger partial charge in [0.05, 0.1) is 13.2 Å². The molecule has 0 saturated carbocycles. The summed E-state index contributed by atoms with van der Waals surface area (Å²) in [6.07, 6.45) is -0.0111. The second-order valence-electron chi connectivity index (χ2n) is 12.2. The van der Waals surface area contributed by atoms with Crippen molar-refractivity contribution in [3.05, 3.63) is 82.1 Å². The van der Waals surface area contributed by atoms with Crippen LogP contribution in [0.15, 0.2) is 70.5 Å². The highest BCUT2D eigenvalue weighted by Gasteiger charge is 2.28. The number of esters is 1. The van der Waals surface area contributed by atoms with Crippen LogP contribution >= 0.6 is 0 Å². The second kappa shape index (κ2) is 18.8. The number of aromatic amines is 1.